The molecule has 19 heavy (non-hydrogen) atoms. The molecule has 0 spiro atoms. The van der Waals surface area contributed by atoms with Crippen LogP contribution in [0.2, 0.25) is 0 Å². The molecule has 2 atom stereocenters. The first-order valence-corrected chi connectivity index (χ1v) is 7.31. The highest BCUT2D eigenvalue weighted by atomic mass is 15.2. The summed E-state index contributed by atoms with van der Waals surface area (Å²) in [5.74, 6) is 0.598. The van der Waals surface area contributed by atoms with Gasteiger partial charge < -0.3 is 10.6 Å². The highest BCUT2D eigenvalue weighted by Gasteiger charge is 2.27. The van der Waals surface area contributed by atoms with E-state index < -0.39 is 0 Å². The number of nitrogens with one attached hydrogen (secondary N) is 2. The van der Waals surface area contributed by atoms with Gasteiger partial charge in [-0.2, -0.15) is 0 Å². The highest BCUT2D eigenvalue weighted by molar-refractivity contribution is 5.28. The molecule has 1 aromatic carbocycles. The molecule has 0 aromatic heterocycles. The van der Waals surface area contributed by atoms with Crippen molar-refractivity contribution in [1.29, 1.82) is 0 Å². The van der Waals surface area contributed by atoms with Crippen LogP contribution in [-0.2, 0) is 0 Å². The Labute approximate surface area is 117 Å². The molecule has 3 nitrogen and oxygen atoms in total. The summed E-state index contributed by atoms with van der Waals surface area (Å²) >= 11 is 0. The molecule has 1 aliphatic heterocycles. The summed E-state index contributed by atoms with van der Waals surface area (Å²) in [7, 11) is 4.28. The van der Waals surface area contributed by atoms with Crippen LogP contribution in [0.3, 0.4) is 0 Å². The Kier molecular flexibility index (Phi) is 4.97. The fourth-order valence-corrected chi connectivity index (χ4v) is 2.87. The van der Waals surface area contributed by atoms with E-state index >= 15 is 0 Å². The minimum atomic E-state index is 0.388. The van der Waals surface area contributed by atoms with Gasteiger partial charge in [0.1, 0.15) is 0 Å². The molecule has 1 aromatic rings. The first kappa shape index (κ1) is 14.5. The maximum absolute atomic E-state index is 3.50. The van der Waals surface area contributed by atoms with Gasteiger partial charge in [-0.1, -0.05) is 38.1 Å². The lowest BCUT2D eigenvalue weighted by molar-refractivity contribution is 0.162. The normalized spacial score (nSPS) is 22.7. The molecule has 2 unspecified atom stereocenters. The SMILES string of the molecule is CNC(c1ccc(C(C)C)cc1)C1CNCCN1C. The number of likely N-dealkylation sites (N-methyl/N-ethyl adjacent to an activating group) is 2. The first-order valence-electron chi connectivity index (χ1n) is 7.31. The molecule has 2 N–H and O–H groups in total. The molecule has 1 fully saturated rings. The lowest BCUT2D eigenvalue weighted by Gasteiger charge is -2.38. The largest absolute Gasteiger partial charge is 0.314 e. The second kappa shape index (κ2) is 6.51. The van der Waals surface area contributed by atoms with Gasteiger partial charge in [0, 0.05) is 31.7 Å². The average Bonchev–Trinajstić information content (AvgIpc) is 2.42. The summed E-state index contributed by atoms with van der Waals surface area (Å²) < 4.78 is 0. The van der Waals surface area contributed by atoms with Crippen molar-refractivity contribution in [2.24, 2.45) is 0 Å². The third kappa shape index (κ3) is 3.35. The Morgan fingerprint density at radius 1 is 1.21 bits per heavy atom. The summed E-state index contributed by atoms with van der Waals surface area (Å²) in [4.78, 5) is 2.45. The van der Waals surface area contributed by atoms with Crippen LogP contribution in [0.4, 0.5) is 0 Å². The zero-order valence-corrected chi connectivity index (χ0v) is 12.6. The average molecular weight is 261 g/mol. The Hall–Kier alpha value is -0.900. The molecular formula is C16H27N3. The van der Waals surface area contributed by atoms with Crippen molar-refractivity contribution in [2.45, 2.75) is 31.8 Å². The van der Waals surface area contributed by atoms with E-state index in [-0.39, 0.29) is 0 Å². The van der Waals surface area contributed by atoms with Gasteiger partial charge in [-0.3, -0.25) is 4.90 Å². The van der Waals surface area contributed by atoms with Crippen LogP contribution in [0, 0.1) is 0 Å². The zero-order valence-electron chi connectivity index (χ0n) is 12.6. The molecule has 3 heteroatoms. The van der Waals surface area contributed by atoms with E-state index in [4.69, 9.17) is 0 Å². The monoisotopic (exact) mass is 261 g/mol. The van der Waals surface area contributed by atoms with Gasteiger partial charge in [-0.25, -0.2) is 0 Å². The minimum absolute atomic E-state index is 0.388. The maximum atomic E-state index is 3.50. The van der Waals surface area contributed by atoms with Crippen molar-refractivity contribution in [3.8, 4) is 0 Å². The number of piperazine rings is 1. The van der Waals surface area contributed by atoms with E-state index in [0.29, 0.717) is 18.0 Å². The molecule has 1 aliphatic rings. The van der Waals surface area contributed by atoms with E-state index in [2.05, 4.69) is 67.7 Å². The maximum Gasteiger partial charge on any atom is 0.0488 e. The molecule has 106 valence electrons. The van der Waals surface area contributed by atoms with E-state index in [1.807, 2.05) is 0 Å². The smallest absolute Gasteiger partial charge is 0.0488 e. The van der Waals surface area contributed by atoms with Crippen molar-refractivity contribution in [1.82, 2.24) is 15.5 Å². The summed E-state index contributed by atoms with van der Waals surface area (Å²) in [6.07, 6.45) is 0. The standard InChI is InChI=1S/C16H27N3/c1-12(2)13-5-7-14(8-6-13)16(17-3)15-11-18-9-10-19(15)4/h5-8,12,15-18H,9-11H2,1-4H3. The van der Waals surface area contributed by atoms with E-state index in [0.717, 1.165) is 19.6 Å². The van der Waals surface area contributed by atoms with Crippen LogP contribution in [-0.4, -0.2) is 44.7 Å². The van der Waals surface area contributed by atoms with Crippen LogP contribution >= 0.6 is 0 Å². The molecular weight excluding hydrogens is 234 g/mol. The molecule has 0 aliphatic carbocycles. The Bertz CT molecular complexity index is 385. The summed E-state index contributed by atoms with van der Waals surface area (Å²) in [5.41, 5.74) is 2.79. The van der Waals surface area contributed by atoms with E-state index in [1.54, 1.807) is 0 Å². The molecule has 0 amide bonds. The molecule has 0 bridgehead atoms. The van der Waals surface area contributed by atoms with Crippen LogP contribution < -0.4 is 10.6 Å². The van der Waals surface area contributed by atoms with Crippen molar-refractivity contribution in [3.63, 3.8) is 0 Å². The summed E-state index contributed by atoms with van der Waals surface area (Å²) in [6, 6.07) is 9.99. The second-order valence-corrected chi connectivity index (χ2v) is 5.84. The van der Waals surface area contributed by atoms with Gasteiger partial charge in [0.2, 0.25) is 0 Å². The van der Waals surface area contributed by atoms with Gasteiger partial charge in [0.15, 0.2) is 0 Å². The second-order valence-electron chi connectivity index (χ2n) is 5.84. The van der Waals surface area contributed by atoms with Crippen molar-refractivity contribution in [2.75, 3.05) is 33.7 Å². The zero-order chi connectivity index (χ0) is 13.8. The molecule has 1 saturated heterocycles. The lowest BCUT2D eigenvalue weighted by atomic mass is 9.94. The number of rotatable bonds is 4. The summed E-state index contributed by atoms with van der Waals surface area (Å²) in [5, 5.41) is 6.98. The van der Waals surface area contributed by atoms with Crippen LogP contribution in [0.1, 0.15) is 36.9 Å². The molecule has 0 saturated carbocycles. The van der Waals surface area contributed by atoms with Gasteiger partial charge in [-0.05, 0) is 31.1 Å². The first-order chi connectivity index (χ1) is 9.13. The Morgan fingerprint density at radius 2 is 1.84 bits per heavy atom. The fourth-order valence-electron chi connectivity index (χ4n) is 2.87. The quantitative estimate of drug-likeness (QED) is 0.868. The number of hydrogen-bond donors (Lipinski definition) is 2. The Balaban J connectivity index is 2.16. The van der Waals surface area contributed by atoms with Gasteiger partial charge in [-0.15, -0.1) is 0 Å². The Morgan fingerprint density at radius 3 is 2.37 bits per heavy atom. The number of benzene rings is 1. The fraction of sp³-hybridized carbons (Fsp3) is 0.625. The summed E-state index contributed by atoms with van der Waals surface area (Å²) in [6.45, 7) is 7.74. The third-order valence-corrected chi connectivity index (χ3v) is 4.22. The topological polar surface area (TPSA) is 27.3 Å². The highest BCUT2D eigenvalue weighted by Crippen LogP contribution is 2.23. The van der Waals surface area contributed by atoms with E-state index in [9.17, 15) is 0 Å². The third-order valence-electron chi connectivity index (χ3n) is 4.22. The molecule has 1 heterocycles. The van der Waals surface area contributed by atoms with Crippen LogP contribution in [0.25, 0.3) is 0 Å². The van der Waals surface area contributed by atoms with Crippen LogP contribution in [0.5, 0.6) is 0 Å². The minimum Gasteiger partial charge on any atom is -0.314 e. The van der Waals surface area contributed by atoms with Gasteiger partial charge >= 0.3 is 0 Å². The molecule has 2 rings (SSSR count). The lowest BCUT2D eigenvalue weighted by Crippen LogP contribution is -2.54. The predicted molar refractivity (Wildman–Crippen MR) is 81.6 cm³/mol. The number of nitrogens with zero attached hydrogens (tertiary/aromatic N) is 1. The molecule has 0 radical (unpaired) electrons. The predicted octanol–water partition coefficient (Wildman–Crippen LogP) is 1.97. The van der Waals surface area contributed by atoms with Gasteiger partial charge in [0.25, 0.3) is 0 Å². The van der Waals surface area contributed by atoms with Gasteiger partial charge in [0.05, 0.1) is 0 Å². The van der Waals surface area contributed by atoms with Crippen molar-refractivity contribution >= 4 is 0 Å². The van der Waals surface area contributed by atoms with E-state index in [1.165, 1.54) is 11.1 Å². The van der Waals surface area contributed by atoms with Crippen LogP contribution in [0.15, 0.2) is 24.3 Å². The van der Waals surface area contributed by atoms with Crippen molar-refractivity contribution < 1.29 is 0 Å². The van der Waals surface area contributed by atoms with Crippen molar-refractivity contribution in [3.05, 3.63) is 35.4 Å². The number of hydrogen-bond acceptors (Lipinski definition) is 3.